The average molecular weight is 448 g/mol. The predicted octanol–water partition coefficient (Wildman–Crippen LogP) is 5.87. The molecule has 4 heteroatoms. The van der Waals surface area contributed by atoms with Crippen molar-refractivity contribution in [3.8, 4) is 0 Å². The molecular weight excluding hydrogens is 410 g/mol. The number of ketones is 2. The highest BCUT2D eigenvalue weighted by molar-refractivity contribution is 6.94. The number of carbonyl (C=O) groups is 2. The highest BCUT2D eigenvalue weighted by Crippen LogP contribution is 2.67. The Kier molecular flexibility index (Phi) is 5.07. The van der Waals surface area contributed by atoms with Crippen LogP contribution in [0.25, 0.3) is 0 Å². The predicted molar refractivity (Wildman–Crippen MR) is 132 cm³/mol. The topological polar surface area (TPSA) is 37.4 Å². The Morgan fingerprint density at radius 2 is 1.62 bits per heavy atom. The van der Waals surface area contributed by atoms with Crippen molar-refractivity contribution in [1.82, 2.24) is 4.90 Å². The lowest BCUT2D eigenvalue weighted by Gasteiger charge is -2.45. The third kappa shape index (κ3) is 2.57. The van der Waals surface area contributed by atoms with E-state index in [-0.39, 0.29) is 17.0 Å². The van der Waals surface area contributed by atoms with E-state index >= 15 is 0 Å². The summed E-state index contributed by atoms with van der Waals surface area (Å²) in [5.41, 5.74) is 5.04. The zero-order valence-electron chi connectivity index (χ0n) is 20.4. The Bertz CT molecular complexity index is 1010. The summed E-state index contributed by atoms with van der Waals surface area (Å²) in [4.78, 5) is 30.2. The first kappa shape index (κ1) is 22.0. The van der Waals surface area contributed by atoms with Crippen LogP contribution in [0.1, 0.15) is 59.9 Å². The van der Waals surface area contributed by atoms with Gasteiger partial charge in [-0.05, 0) is 51.9 Å². The third-order valence-electron chi connectivity index (χ3n) is 9.37. The molecule has 2 fully saturated rings. The molecule has 1 saturated carbocycles. The fourth-order valence-electron chi connectivity index (χ4n) is 8.56. The minimum atomic E-state index is -2.18. The van der Waals surface area contributed by atoms with Gasteiger partial charge in [0.25, 0.3) is 0 Å². The van der Waals surface area contributed by atoms with Crippen LogP contribution in [0, 0.1) is 11.3 Å². The lowest BCUT2D eigenvalue weighted by atomic mass is 9.67. The summed E-state index contributed by atoms with van der Waals surface area (Å²) in [6.07, 6.45) is 3.86. The quantitative estimate of drug-likeness (QED) is 0.404. The molecule has 0 amide bonds. The van der Waals surface area contributed by atoms with E-state index < -0.39 is 14.0 Å². The van der Waals surface area contributed by atoms with E-state index in [1.165, 1.54) is 21.9 Å². The van der Waals surface area contributed by atoms with Gasteiger partial charge in [0.05, 0.1) is 14.0 Å². The summed E-state index contributed by atoms with van der Waals surface area (Å²) in [5.74, 6) is -0.182. The Morgan fingerprint density at radius 3 is 2.22 bits per heavy atom. The smallest absolute Gasteiger partial charge is 0.167 e. The molecule has 3 atom stereocenters. The summed E-state index contributed by atoms with van der Waals surface area (Å²) in [6.45, 7) is 15.7. The number of nitrogens with zero attached hydrogens (tertiary/aromatic N) is 1. The molecule has 1 aromatic carbocycles. The number of rotatable bonds is 6. The van der Waals surface area contributed by atoms with Crippen molar-refractivity contribution in [3.05, 3.63) is 58.3 Å². The molecule has 1 saturated heterocycles. The summed E-state index contributed by atoms with van der Waals surface area (Å²) in [5, 5.41) is 1.18. The van der Waals surface area contributed by atoms with E-state index in [1.807, 2.05) is 6.08 Å². The van der Waals surface area contributed by atoms with Crippen LogP contribution in [0.2, 0.25) is 16.6 Å². The van der Waals surface area contributed by atoms with Gasteiger partial charge in [-0.25, -0.2) is 0 Å². The van der Waals surface area contributed by atoms with E-state index in [0.29, 0.717) is 22.7 Å². The van der Waals surface area contributed by atoms with Crippen LogP contribution >= 0.6 is 0 Å². The monoisotopic (exact) mass is 447 g/mol. The first-order chi connectivity index (χ1) is 15.2. The third-order valence-corrected chi connectivity index (χ3v) is 16.5. The van der Waals surface area contributed by atoms with Gasteiger partial charge >= 0.3 is 0 Å². The highest BCUT2D eigenvalue weighted by atomic mass is 28.3. The molecule has 0 aromatic heterocycles. The van der Waals surface area contributed by atoms with Crippen molar-refractivity contribution < 1.29 is 9.59 Å². The van der Waals surface area contributed by atoms with Crippen LogP contribution in [0.15, 0.2) is 52.8 Å². The second kappa shape index (κ2) is 7.36. The maximum absolute atomic E-state index is 14.3. The Morgan fingerprint density at radius 1 is 1.00 bits per heavy atom. The minimum Gasteiger partial charge on any atom is -0.294 e. The van der Waals surface area contributed by atoms with Crippen molar-refractivity contribution >= 4 is 19.6 Å². The van der Waals surface area contributed by atoms with E-state index in [1.54, 1.807) is 0 Å². The van der Waals surface area contributed by atoms with Gasteiger partial charge in [0, 0.05) is 24.5 Å². The maximum atomic E-state index is 14.3. The molecule has 3 nitrogen and oxygen atoms in total. The van der Waals surface area contributed by atoms with Gasteiger partial charge in [0.15, 0.2) is 11.6 Å². The second-order valence-corrected chi connectivity index (χ2v) is 17.3. The van der Waals surface area contributed by atoms with Crippen molar-refractivity contribution in [1.29, 1.82) is 0 Å². The van der Waals surface area contributed by atoms with E-state index in [4.69, 9.17) is 0 Å². The van der Waals surface area contributed by atoms with Crippen molar-refractivity contribution in [2.24, 2.45) is 11.3 Å². The van der Waals surface area contributed by atoms with Crippen molar-refractivity contribution in [2.45, 2.75) is 83.6 Å². The summed E-state index contributed by atoms with van der Waals surface area (Å²) in [6, 6.07) is 11.0. The zero-order valence-corrected chi connectivity index (χ0v) is 21.4. The van der Waals surface area contributed by atoms with Gasteiger partial charge < -0.3 is 0 Å². The molecule has 5 rings (SSSR count). The SMILES string of the molecule is CC(C)[Si](C1=C2[C@@H]3CCC4=CC(=O)[C@H](C1=O)[C@@]42CN3Cc1ccccc1)(C(C)C)C(C)C. The fourth-order valence-corrected chi connectivity index (χ4v) is 15.7. The van der Waals surface area contributed by atoms with Gasteiger partial charge in [-0.2, -0.15) is 0 Å². The Labute approximate surface area is 194 Å². The van der Waals surface area contributed by atoms with Gasteiger partial charge in [-0.1, -0.05) is 77.4 Å². The van der Waals surface area contributed by atoms with Gasteiger partial charge in [0.2, 0.25) is 0 Å². The Hall–Kier alpha value is -1.78. The number of Topliss-reactive ketones (excluding diaryl/α,β-unsaturated/α-hetero) is 1. The normalized spacial score (nSPS) is 29.7. The lowest BCUT2D eigenvalue weighted by molar-refractivity contribution is -0.128. The highest BCUT2D eigenvalue weighted by Gasteiger charge is 2.71. The summed E-state index contributed by atoms with van der Waals surface area (Å²) >= 11 is 0. The standard InChI is InChI=1S/C28H37NO2Si/c1-17(2)32(18(3)4,19(5)6)27-24-22-13-12-21-14-23(30)25(26(27)31)28(21,24)16-29(22)15-20-10-8-7-9-11-20/h7-11,14,17-19,22,25H,12-13,15-16H2,1-6H3/t22-,25+,28-/m0/s1. The van der Waals surface area contributed by atoms with Crippen molar-refractivity contribution in [3.63, 3.8) is 0 Å². The largest absolute Gasteiger partial charge is 0.294 e. The zero-order chi connectivity index (χ0) is 23.0. The van der Waals surface area contributed by atoms with Crippen LogP contribution in [-0.4, -0.2) is 37.1 Å². The van der Waals surface area contributed by atoms with Gasteiger partial charge in [-0.3, -0.25) is 14.5 Å². The van der Waals surface area contributed by atoms with Gasteiger partial charge in [0.1, 0.15) is 0 Å². The summed E-state index contributed by atoms with van der Waals surface area (Å²) in [7, 11) is -2.18. The molecule has 170 valence electrons. The molecule has 1 aromatic rings. The average Bonchev–Trinajstić information content (AvgIpc) is 3.24. The second-order valence-electron chi connectivity index (χ2n) is 11.5. The number of hydrogen-bond acceptors (Lipinski definition) is 3. The lowest BCUT2D eigenvalue weighted by Crippen LogP contribution is -2.50. The first-order valence-corrected chi connectivity index (χ1v) is 14.7. The molecule has 4 aliphatic rings. The first-order valence-electron chi connectivity index (χ1n) is 12.5. The van der Waals surface area contributed by atoms with Crippen LogP contribution < -0.4 is 0 Å². The fraction of sp³-hybridized carbons (Fsp3) is 0.571. The molecule has 1 spiro atoms. The molecule has 1 heterocycles. The molecule has 1 aliphatic heterocycles. The number of hydrogen-bond donors (Lipinski definition) is 0. The van der Waals surface area contributed by atoms with Crippen LogP contribution in [0.5, 0.6) is 0 Å². The summed E-state index contributed by atoms with van der Waals surface area (Å²) < 4.78 is 0. The maximum Gasteiger partial charge on any atom is 0.167 e. The number of benzene rings is 1. The van der Waals surface area contributed by atoms with Crippen LogP contribution in [0.3, 0.4) is 0 Å². The number of allylic oxidation sites excluding steroid dienone is 2. The number of carbonyl (C=O) groups excluding carboxylic acids is 2. The molecular formula is C28H37NO2Si. The van der Waals surface area contributed by atoms with E-state index in [2.05, 4.69) is 76.8 Å². The van der Waals surface area contributed by atoms with Crippen LogP contribution in [0.4, 0.5) is 0 Å². The molecule has 0 radical (unpaired) electrons. The number of likely N-dealkylation sites (tertiary alicyclic amines) is 1. The van der Waals surface area contributed by atoms with E-state index in [0.717, 1.165) is 25.9 Å². The van der Waals surface area contributed by atoms with Crippen LogP contribution in [-0.2, 0) is 16.1 Å². The molecule has 0 unspecified atom stereocenters. The molecule has 0 N–H and O–H groups in total. The van der Waals surface area contributed by atoms with E-state index in [9.17, 15) is 9.59 Å². The molecule has 32 heavy (non-hydrogen) atoms. The molecule has 2 bridgehead atoms. The Balaban J connectivity index is 1.74. The van der Waals surface area contributed by atoms with Crippen molar-refractivity contribution in [2.75, 3.05) is 6.54 Å². The molecule has 3 aliphatic carbocycles. The minimum absolute atomic E-state index is 0.0823. The van der Waals surface area contributed by atoms with Gasteiger partial charge in [-0.15, -0.1) is 0 Å².